The molecular weight excluding hydrogens is 299 g/mol. The van der Waals surface area contributed by atoms with Gasteiger partial charge in [0.1, 0.15) is 5.54 Å². The van der Waals surface area contributed by atoms with Gasteiger partial charge in [0.25, 0.3) is 0 Å². The molecule has 0 bridgehead atoms. The minimum Gasteiger partial charge on any atom is -0.480 e. The highest BCUT2D eigenvalue weighted by Gasteiger charge is 2.35. The van der Waals surface area contributed by atoms with Gasteiger partial charge < -0.3 is 15.3 Å². The Morgan fingerprint density at radius 2 is 1.75 bits per heavy atom. The summed E-state index contributed by atoms with van der Waals surface area (Å²) < 4.78 is 0. The van der Waals surface area contributed by atoms with Crippen LogP contribution >= 0.6 is 24.8 Å². The molecule has 0 saturated carbocycles. The van der Waals surface area contributed by atoms with Crippen molar-refractivity contribution in [1.29, 1.82) is 0 Å². The van der Waals surface area contributed by atoms with Crippen LogP contribution in [0.5, 0.6) is 0 Å². The molecule has 0 aromatic carbocycles. The fourth-order valence-electron chi connectivity index (χ4n) is 2.79. The highest BCUT2D eigenvalue weighted by atomic mass is 35.5. The number of likely N-dealkylation sites (tertiary alicyclic amines) is 1. The molecule has 1 unspecified atom stereocenters. The van der Waals surface area contributed by atoms with Crippen molar-refractivity contribution in [3.8, 4) is 0 Å². The number of hydrogen-bond donors (Lipinski definition) is 2. The second-order valence-electron chi connectivity index (χ2n) is 5.39. The first-order valence-corrected chi connectivity index (χ1v) is 7.29. The number of carbonyl (C=O) groups is 1. The van der Waals surface area contributed by atoms with Crippen LogP contribution < -0.4 is 5.32 Å². The zero-order chi connectivity index (χ0) is 13.4. The first-order chi connectivity index (χ1) is 8.64. The lowest BCUT2D eigenvalue weighted by atomic mass is 9.87. The monoisotopic (exact) mass is 328 g/mol. The number of rotatable bonds is 9. The molecule has 1 heterocycles. The molecule has 0 spiro atoms. The van der Waals surface area contributed by atoms with E-state index in [0.717, 1.165) is 38.6 Å². The number of carboxylic acids is 1. The molecule has 0 aliphatic carbocycles. The lowest BCUT2D eigenvalue weighted by Gasteiger charge is -2.30. The van der Waals surface area contributed by atoms with Gasteiger partial charge in [0, 0.05) is 0 Å². The molecule has 1 fully saturated rings. The maximum atomic E-state index is 11.5. The molecule has 0 amide bonds. The zero-order valence-corrected chi connectivity index (χ0v) is 14.3. The number of carboxylic acid groups (broad SMARTS) is 1. The average molecular weight is 329 g/mol. The number of nitrogens with zero attached hydrogens (tertiary/aromatic N) is 1. The van der Waals surface area contributed by atoms with E-state index in [1.165, 1.54) is 25.9 Å². The normalized spacial score (nSPS) is 17.9. The fraction of sp³-hybridized carbons (Fsp3) is 0.929. The standard InChI is InChI=1S/C14H28N2O2.2ClH/c1-3-4-8-14(15-2,13(17)18)9-7-12-16-10-5-6-11-16;;/h15H,3-12H2,1-2H3,(H,17,18);2*1H. The summed E-state index contributed by atoms with van der Waals surface area (Å²) >= 11 is 0. The molecule has 6 heteroatoms. The average Bonchev–Trinajstić information content (AvgIpc) is 2.86. The van der Waals surface area contributed by atoms with E-state index in [1.807, 2.05) is 0 Å². The van der Waals surface area contributed by atoms with E-state index in [-0.39, 0.29) is 24.8 Å². The Bertz CT molecular complexity index is 262. The molecule has 1 aliphatic rings. The van der Waals surface area contributed by atoms with Crippen LogP contribution in [0.3, 0.4) is 0 Å². The number of unbranched alkanes of at least 4 members (excludes halogenated alkanes) is 1. The van der Waals surface area contributed by atoms with Crippen LogP contribution in [0.2, 0.25) is 0 Å². The molecule has 2 N–H and O–H groups in total. The largest absolute Gasteiger partial charge is 0.480 e. The van der Waals surface area contributed by atoms with Crippen molar-refractivity contribution in [1.82, 2.24) is 10.2 Å². The molecule has 122 valence electrons. The zero-order valence-electron chi connectivity index (χ0n) is 12.7. The first-order valence-electron chi connectivity index (χ1n) is 7.29. The van der Waals surface area contributed by atoms with Gasteiger partial charge in [-0.2, -0.15) is 0 Å². The van der Waals surface area contributed by atoms with Gasteiger partial charge in [-0.3, -0.25) is 4.79 Å². The van der Waals surface area contributed by atoms with Crippen LogP contribution in [0.15, 0.2) is 0 Å². The van der Waals surface area contributed by atoms with Crippen LogP contribution in [0.25, 0.3) is 0 Å². The Morgan fingerprint density at radius 1 is 1.20 bits per heavy atom. The summed E-state index contributed by atoms with van der Waals surface area (Å²) in [5.41, 5.74) is -0.713. The van der Waals surface area contributed by atoms with Gasteiger partial charge in [-0.05, 0) is 58.8 Å². The van der Waals surface area contributed by atoms with Crippen molar-refractivity contribution in [2.24, 2.45) is 0 Å². The van der Waals surface area contributed by atoms with Gasteiger partial charge in [0.2, 0.25) is 0 Å². The van der Waals surface area contributed by atoms with Crippen molar-refractivity contribution >= 4 is 30.8 Å². The topological polar surface area (TPSA) is 52.6 Å². The smallest absolute Gasteiger partial charge is 0.323 e. The summed E-state index contributed by atoms with van der Waals surface area (Å²) in [5, 5.41) is 12.5. The molecule has 0 radical (unpaired) electrons. The summed E-state index contributed by atoms with van der Waals surface area (Å²) in [4.78, 5) is 14.0. The Labute approximate surface area is 135 Å². The lowest BCUT2D eigenvalue weighted by Crippen LogP contribution is -2.50. The molecular formula is C14H30Cl2N2O2. The van der Waals surface area contributed by atoms with Gasteiger partial charge in [-0.25, -0.2) is 0 Å². The number of likely N-dealkylation sites (N-methyl/N-ethyl adjacent to an activating group) is 1. The van der Waals surface area contributed by atoms with E-state index >= 15 is 0 Å². The minimum absolute atomic E-state index is 0. The summed E-state index contributed by atoms with van der Waals surface area (Å²) in [6, 6.07) is 0. The highest BCUT2D eigenvalue weighted by molar-refractivity contribution is 5.85. The maximum absolute atomic E-state index is 11.5. The Balaban J connectivity index is 0. The molecule has 1 saturated heterocycles. The molecule has 1 rings (SSSR count). The van der Waals surface area contributed by atoms with Crippen molar-refractivity contribution in [3.63, 3.8) is 0 Å². The van der Waals surface area contributed by atoms with E-state index in [1.54, 1.807) is 7.05 Å². The summed E-state index contributed by atoms with van der Waals surface area (Å²) in [5.74, 6) is -0.695. The van der Waals surface area contributed by atoms with Crippen molar-refractivity contribution in [3.05, 3.63) is 0 Å². The highest BCUT2D eigenvalue weighted by Crippen LogP contribution is 2.21. The van der Waals surface area contributed by atoms with Gasteiger partial charge >= 0.3 is 5.97 Å². The number of nitrogens with one attached hydrogen (secondary N) is 1. The quantitative estimate of drug-likeness (QED) is 0.683. The van der Waals surface area contributed by atoms with E-state index < -0.39 is 11.5 Å². The summed E-state index contributed by atoms with van der Waals surface area (Å²) in [6.07, 6.45) is 7.04. The van der Waals surface area contributed by atoms with Crippen LogP contribution in [0.4, 0.5) is 0 Å². The van der Waals surface area contributed by atoms with Crippen molar-refractivity contribution in [2.45, 2.75) is 57.4 Å². The van der Waals surface area contributed by atoms with Gasteiger partial charge in [0.05, 0.1) is 0 Å². The van der Waals surface area contributed by atoms with Crippen LogP contribution in [-0.4, -0.2) is 48.2 Å². The Morgan fingerprint density at radius 3 is 2.20 bits per heavy atom. The predicted molar refractivity (Wildman–Crippen MR) is 88.4 cm³/mol. The van der Waals surface area contributed by atoms with Crippen LogP contribution in [0, 0.1) is 0 Å². The summed E-state index contributed by atoms with van der Waals surface area (Å²) in [6.45, 7) is 5.53. The minimum atomic E-state index is -0.713. The summed E-state index contributed by atoms with van der Waals surface area (Å²) in [7, 11) is 1.78. The molecule has 0 aromatic rings. The SMILES string of the molecule is CCCCC(CCCN1CCCC1)(NC)C(=O)O.Cl.Cl. The number of aliphatic carboxylic acids is 1. The van der Waals surface area contributed by atoms with Crippen LogP contribution in [-0.2, 0) is 4.79 Å². The van der Waals surface area contributed by atoms with Gasteiger partial charge in [0.15, 0.2) is 0 Å². The third-order valence-corrected chi connectivity index (χ3v) is 4.12. The third-order valence-electron chi connectivity index (χ3n) is 4.12. The lowest BCUT2D eigenvalue weighted by molar-refractivity contribution is -0.145. The number of halogens is 2. The van der Waals surface area contributed by atoms with E-state index in [0.29, 0.717) is 0 Å². The van der Waals surface area contributed by atoms with E-state index in [4.69, 9.17) is 0 Å². The maximum Gasteiger partial charge on any atom is 0.323 e. The van der Waals surface area contributed by atoms with E-state index in [9.17, 15) is 9.90 Å². The van der Waals surface area contributed by atoms with Crippen molar-refractivity contribution < 1.29 is 9.90 Å². The second-order valence-corrected chi connectivity index (χ2v) is 5.39. The Hall–Kier alpha value is -0.0300. The molecule has 1 atom stereocenters. The first kappa shape index (κ1) is 22.3. The predicted octanol–water partition coefficient (Wildman–Crippen LogP) is 2.94. The third kappa shape index (κ3) is 6.61. The Kier molecular flexibility index (Phi) is 12.9. The molecule has 1 aliphatic heterocycles. The molecule has 4 nitrogen and oxygen atoms in total. The fourth-order valence-corrected chi connectivity index (χ4v) is 2.79. The molecule has 0 aromatic heterocycles. The molecule has 20 heavy (non-hydrogen) atoms. The van der Waals surface area contributed by atoms with Crippen LogP contribution in [0.1, 0.15) is 51.9 Å². The van der Waals surface area contributed by atoms with Crippen molar-refractivity contribution in [2.75, 3.05) is 26.7 Å². The van der Waals surface area contributed by atoms with Gasteiger partial charge in [-0.1, -0.05) is 19.8 Å². The number of hydrogen-bond acceptors (Lipinski definition) is 3. The van der Waals surface area contributed by atoms with E-state index in [2.05, 4.69) is 17.1 Å². The second kappa shape index (κ2) is 11.6. The van der Waals surface area contributed by atoms with Gasteiger partial charge in [-0.15, -0.1) is 24.8 Å².